The van der Waals surface area contributed by atoms with Crippen LogP contribution in [0.2, 0.25) is 0 Å². The molecule has 3 heterocycles. The van der Waals surface area contributed by atoms with Crippen molar-refractivity contribution >= 4 is 0 Å². The van der Waals surface area contributed by atoms with E-state index in [2.05, 4.69) is 66.0 Å². The van der Waals surface area contributed by atoms with Crippen molar-refractivity contribution < 1.29 is 0 Å². The summed E-state index contributed by atoms with van der Waals surface area (Å²) in [5.41, 5.74) is 5.91. The van der Waals surface area contributed by atoms with Crippen molar-refractivity contribution in [2.75, 3.05) is 26.2 Å². The number of nitrogens with zero attached hydrogens (tertiary/aromatic N) is 3. The molecule has 2 atom stereocenters. The summed E-state index contributed by atoms with van der Waals surface area (Å²) in [6.07, 6.45) is 2.48. The van der Waals surface area contributed by atoms with E-state index in [-0.39, 0.29) is 0 Å². The molecular formula is C22H32N4. The van der Waals surface area contributed by atoms with Crippen LogP contribution in [0.25, 0.3) is 0 Å². The van der Waals surface area contributed by atoms with Crippen LogP contribution < -0.4 is 5.32 Å². The molecule has 2 saturated heterocycles. The monoisotopic (exact) mass is 352 g/mol. The average Bonchev–Trinajstić information content (AvgIpc) is 3.27. The molecule has 1 aromatic heterocycles. The average molecular weight is 353 g/mol. The molecule has 1 N–H and O–H groups in total. The lowest BCUT2D eigenvalue weighted by molar-refractivity contribution is 0.237. The summed E-state index contributed by atoms with van der Waals surface area (Å²) in [6.45, 7) is 13.4. The van der Waals surface area contributed by atoms with E-state index >= 15 is 0 Å². The Labute approximate surface area is 157 Å². The number of hydrogen-bond donors (Lipinski definition) is 1. The molecule has 4 rings (SSSR count). The molecule has 0 bridgehead atoms. The van der Waals surface area contributed by atoms with Gasteiger partial charge in [-0.15, -0.1) is 0 Å². The lowest BCUT2D eigenvalue weighted by atomic mass is 9.76. The Morgan fingerprint density at radius 3 is 2.77 bits per heavy atom. The third kappa shape index (κ3) is 3.21. The maximum atomic E-state index is 4.71. The Bertz CT molecular complexity index is 751. The van der Waals surface area contributed by atoms with E-state index in [1.807, 2.05) is 0 Å². The molecule has 2 fully saturated rings. The highest BCUT2D eigenvalue weighted by Crippen LogP contribution is 2.43. The summed E-state index contributed by atoms with van der Waals surface area (Å²) in [7, 11) is 0. The minimum absolute atomic E-state index is 0.443. The molecule has 4 nitrogen and oxygen atoms in total. The van der Waals surface area contributed by atoms with Crippen LogP contribution in [-0.2, 0) is 19.5 Å². The summed E-state index contributed by atoms with van der Waals surface area (Å²) in [6, 6.07) is 11.0. The third-order valence-corrected chi connectivity index (χ3v) is 6.72. The molecule has 0 radical (unpaired) electrons. The van der Waals surface area contributed by atoms with E-state index in [0.29, 0.717) is 5.41 Å². The molecule has 2 aliphatic heterocycles. The number of likely N-dealkylation sites (tertiary alicyclic amines) is 1. The zero-order valence-corrected chi connectivity index (χ0v) is 16.5. The second-order valence-electron chi connectivity index (χ2n) is 8.31. The fourth-order valence-electron chi connectivity index (χ4n) is 5.15. The predicted molar refractivity (Wildman–Crippen MR) is 106 cm³/mol. The third-order valence-electron chi connectivity index (χ3n) is 6.72. The van der Waals surface area contributed by atoms with E-state index in [1.54, 1.807) is 0 Å². The molecule has 2 unspecified atom stereocenters. The summed E-state index contributed by atoms with van der Waals surface area (Å²) in [4.78, 5) is 2.69. The summed E-state index contributed by atoms with van der Waals surface area (Å²) < 4.78 is 2.15. The zero-order valence-electron chi connectivity index (χ0n) is 16.5. The summed E-state index contributed by atoms with van der Waals surface area (Å²) >= 11 is 0. The first-order chi connectivity index (χ1) is 12.6. The number of hydrogen-bond acceptors (Lipinski definition) is 3. The van der Waals surface area contributed by atoms with Gasteiger partial charge in [-0.1, -0.05) is 30.3 Å². The Morgan fingerprint density at radius 2 is 2.04 bits per heavy atom. The molecule has 2 aromatic rings. The van der Waals surface area contributed by atoms with Gasteiger partial charge in [0.1, 0.15) is 0 Å². The van der Waals surface area contributed by atoms with Crippen molar-refractivity contribution in [1.29, 1.82) is 0 Å². The number of nitrogens with one attached hydrogen (secondary N) is 1. The lowest BCUT2D eigenvalue weighted by Gasteiger charge is -2.28. The largest absolute Gasteiger partial charge is 0.316 e. The van der Waals surface area contributed by atoms with Crippen LogP contribution in [0.4, 0.5) is 0 Å². The molecule has 4 heteroatoms. The number of fused-ring (bicyclic) bond motifs is 1. The van der Waals surface area contributed by atoms with Crippen molar-refractivity contribution in [2.45, 2.75) is 46.7 Å². The van der Waals surface area contributed by atoms with Crippen LogP contribution in [-0.4, -0.2) is 40.9 Å². The van der Waals surface area contributed by atoms with E-state index in [0.717, 1.165) is 19.0 Å². The first-order valence-electron chi connectivity index (χ1n) is 10.1. The maximum absolute atomic E-state index is 4.71. The normalized spacial score (nSPS) is 25.7. The van der Waals surface area contributed by atoms with Gasteiger partial charge in [0.15, 0.2) is 0 Å². The van der Waals surface area contributed by atoms with Crippen LogP contribution in [0.5, 0.6) is 0 Å². The van der Waals surface area contributed by atoms with Crippen LogP contribution in [0, 0.1) is 25.2 Å². The minimum Gasteiger partial charge on any atom is -0.316 e. The van der Waals surface area contributed by atoms with Gasteiger partial charge in [-0.25, -0.2) is 0 Å². The molecule has 0 saturated carbocycles. The number of aryl methyl sites for hydroxylation is 3. The van der Waals surface area contributed by atoms with Crippen LogP contribution in [0.15, 0.2) is 30.3 Å². The topological polar surface area (TPSA) is 33.1 Å². The SMILES string of the molecule is CCn1nc(C)c(CN2CC3CNCC3(CCc3ccccc3)C2)c1C. The van der Waals surface area contributed by atoms with Gasteiger partial charge in [0.25, 0.3) is 0 Å². The highest BCUT2D eigenvalue weighted by Gasteiger charge is 2.48. The molecule has 140 valence electrons. The Hall–Kier alpha value is -1.65. The van der Waals surface area contributed by atoms with E-state index in [4.69, 9.17) is 5.10 Å². The number of aromatic nitrogens is 2. The van der Waals surface area contributed by atoms with Crippen molar-refractivity contribution in [3.8, 4) is 0 Å². The van der Waals surface area contributed by atoms with Crippen molar-refractivity contribution in [3.05, 3.63) is 52.8 Å². The Kier molecular flexibility index (Phi) is 4.89. The van der Waals surface area contributed by atoms with Gasteiger partial charge in [-0.3, -0.25) is 9.58 Å². The van der Waals surface area contributed by atoms with Gasteiger partial charge in [0, 0.05) is 49.4 Å². The first kappa shape index (κ1) is 17.7. The lowest BCUT2D eigenvalue weighted by Crippen LogP contribution is -2.33. The van der Waals surface area contributed by atoms with Crippen molar-refractivity contribution in [1.82, 2.24) is 20.0 Å². The molecular weight excluding hydrogens is 320 g/mol. The standard InChI is InChI=1S/C22H32N4/c1-4-26-18(3)21(17(2)24-26)14-25-13-20-12-23-15-22(20,16-25)11-10-19-8-6-5-7-9-19/h5-9,20,23H,4,10-16H2,1-3H3. The van der Waals surface area contributed by atoms with E-state index in [1.165, 1.54) is 61.5 Å². The summed E-state index contributed by atoms with van der Waals surface area (Å²) in [5.74, 6) is 0.785. The highest BCUT2D eigenvalue weighted by atomic mass is 15.3. The quantitative estimate of drug-likeness (QED) is 0.867. The molecule has 0 amide bonds. The first-order valence-corrected chi connectivity index (χ1v) is 10.1. The summed E-state index contributed by atoms with van der Waals surface area (Å²) in [5, 5.41) is 8.39. The Morgan fingerprint density at radius 1 is 1.23 bits per heavy atom. The van der Waals surface area contributed by atoms with E-state index in [9.17, 15) is 0 Å². The van der Waals surface area contributed by atoms with Crippen LogP contribution >= 0.6 is 0 Å². The van der Waals surface area contributed by atoms with Gasteiger partial charge in [0.05, 0.1) is 5.69 Å². The van der Waals surface area contributed by atoms with Gasteiger partial charge in [-0.2, -0.15) is 5.10 Å². The Balaban J connectivity index is 1.46. The number of benzene rings is 1. The maximum Gasteiger partial charge on any atom is 0.0641 e. The molecule has 0 spiro atoms. The molecule has 0 aliphatic carbocycles. The van der Waals surface area contributed by atoms with Crippen LogP contribution in [0.1, 0.15) is 35.9 Å². The van der Waals surface area contributed by atoms with Crippen molar-refractivity contribution in [3.63, 3.8) is 0 Å². The fourth-order valence-corrected chi connectivity index (χ4v) is 5.15. The van der Waals surface area contributed by atoms with Crippen molar-refractivity contribution in [2.24, 2.45) is 11.3 Å². The second-order valence-corrected chi connectivity index (χ2v) is 8.31. The zero-order chi connectivity index (χ0) is 18.1. The number of rotatable bonds is 6. The highest BCUT2D eigenvalue weighted by molar-refractivity contribution is 5.25. The van der Waals surface area contributed by atoms with Gasteiger partial charge in [-0.05, 0) is 51.6 Å². The molecule has 26 heavy (non-hydrogen) atoms. The molecule has 1 aromatic carbocycles. The van der Waals surface area contributed by atoms with Gasteiger partial charge >= 0.3 is 0 Å². The predicted octanol–water partition coefficient (Wildman–Crippen LogP) is 3.17. The van der Waals surface area contributed by atoms with Crippen LogP contribution in [0.3, 0.4) is 0 Å². The smallest absolute Gasteiger partial charge is 0.0641 e. The van der Waals surface area contributed by atoms with E-state index < -0.39 is 0 Å². The van der Waals surface area contributed by atoms with Gasteiger partial charge < -0.3 is 5.32 Å². The van der Waals surface area contributed by atoms with Gasteiger partial charge in [0.2, 0.25) is 0 Å². The fraction of sp³-hybridized carbons (Fsp3) is 0.591. The second kappa shape index (κ2) is 7.16. The molecule has 2 aliphatic rings. The minimum atomic E-state index is 0.443.